The first-order chi connectivity index (χ1) is 12.0. The van der Waals surface area contributed by atoms with Gasteiger partial charge in [0.2, 0.25) is 5.95 Å². The van der Waals surface area contributed by atoms with Gasteiger partial charge in [0.05, 0.1) is 5.69 Å². The highest BCUT2D eigenvalue weighted by molar-refractivity contribution is 5.61. The Morgan fingerprint density at radius 3 is 2.56 bits per heavy atom. The summed E-state index contributed by atoms with van der Waals surface area (Å²) >= 11 is 0. The minimum atomic E-state index is -4.49. The van der Waals surface area contributed by atoms with Crippen molar-refractivity contribution in [2.45, 2.75) is 25.1 Å². The van der Waals surface area contributed by atoms with E-state index < -0.39 is 11.9 Å². The van der Waals surface area contributed by atoms with Gasteiger partial charge in [0.1, 0.15) is 0 Å². The second kappa shape index (κ2) is 6.29. The first kappa shape index (κ1) is 16.3. The maximum absolute atomic E-state index is 13.3. The number of benzene rings is 1. The van der Waals surface area contributed by atoms with Gasteiger partial charge in [-0.2, -0.15) is 13.2 Å². The zero-order chi connectivity index (χ0) is 17.4. The zero-order valence-electron chi connectivity index (χ0n) is 13.7. The molecule has 2 fully saturated rings. The van der Waals surface area contributed by atoms with Crippen LogP contribution in [0.25, 0.3) is 11.3 Å². The smallest absolute Gasteiger partial charge is 0.338 e. The average molecular weight is 348 g/mol. The molecule has 0 amide bonds. The van der Waals surface area contributed by atoms with Crippen molar-refractivity contribution in [1.29, 1.82) is 0 Å². The summed E-state index contributed by atoms with van der Waals surface area (Å²) in [6.45, 7) is 3.28. The van der Waals surface area contributed by atoms with Gasteiger partial charge in [-0.3, -0.25) is 4.90 Å². The van der Waals surface area contributed by atoms with E-state index in [0.29, 0.717) is 30.4 Å². The van der Waals surface area contributed by atoms with Gasteiger partial charge >= 0.3 is 6.18 Å². The van der Waals surface area contributed by atoms with E-state index in [2.05, 4.69) is 14.9 Å². The SMILES string of the molecule is FC(F)(F)c1cc(-c2ccccc2)nc(N2CCN3CCCC3C2)n1. The van der Waals surface area contributed by atoms with Gasteiger partial charge in [0, 0.05) is 31.2 Å². The topological polar surface area (TPSA) is 32.3 Å². The van der Waals surface area contributed by atoms with Crippen molar-refractivity contribution in [3.63, 3.8) is 0 Å². The summed E-state index contributed by atoms with van der Waals surface area (Å²) in [4.78, 5) is 12.6. The van der Waals surface area contributed by atoms with Crippen molar-refractivity contribution in [3.05, 3.63) is 42.1 Å². The summed E-state index contributed by atoms with van der Waals surface area (Å²) in [5, 5.41) is 0. The van der Waals surface area contributed by atoms with E-state index in [0.717, 1.165) is 32.0 Å². The molecule has 0 radical (unpaired) electrons. The summed E-state index contributed by atoms with van der Waals surface area (Å²) in [7, 11) is 0. The first-order valence-electron chi connectivity index (χ1n) is 8.51. The molecule has 25 heavy (non-hydrogen) atoms. The van der Waals surface area contributed by atoms with Gasteiger partial charge in [-0.1, -0.05) is 30.3 Å². The van der Waals surface area contributed by atoms with Crippen LogP contribution in [-0.4, -0.2) is 47.1 Å². The lowest BCUT2D eigenvalue weighted by atomic mass is 10.1. The molecule has 2 aromatic rings. The van der Waals surface area contributed by atoms with Crippen molar-refractivity contribution in [2.75, 3.05) is 31.1 Å². The molecular formula is C18H19F3N4. The Hall–Kier alpha value is -2.15. The molecule has 0 saturated carbocycles. The fourth-order valence-electron chi connectivity index (χ4n) is 3.65. The van der Waals surface area contributed by atoms with Crippen molar-refractivity contribution < 1.29 is 13.2 Å². The number of anilines is 1. The molecule has 0 N–H and O–H groups in total. The molecule has 1 aromatic carbocycles. The molecule has 7 heteroatoms. The maximum atomic E-state index is 13.3. The predicted molar refractivity (Wildman–Crippen MR) is 89.3 cm³/mol. The molecule has 1 aromatic heterocycles. The van der Waals surface area contributed by atoms with Crippen molar-refractivity contribution in [2.24, 2.45) is 0 Å². The molecule has 4 rings (SSSR count). The molecule has 1 atom stereocenters. The quantitative estimate of drug-likeness (QED) is 0.832. The third-order valence-corrected chi connectivity index (χ3v) is 4.94. The summed E-state index contributed by atoms with van der Waals surface area (Å²) in [5.41, 5.74) is 0.0909. The minimum Gasteiger partial charge on any atom is -0.338 e. The lowest BCUT2D eigenvalue weighted by Crippen LogP contribution is -2.50. The Bertz CT molecular complexity index is 748. The van der Waals surface area contributed by atoms with Crippen LogP contribution in [-0.2, 0) is 6.18 Å². The van der Waals surface area contributed by atoms with Crippen molar-refractivity contribution in [3.8, 4) is 11.3 Å². The number of alkyl halides is 3. The number of rotatable bonds is 2. The van der Waals surface area contributed by atoms with E-state index in [-0.39, 0.29) is 5.95 Å². The molecule has 0 aliphatic carbocycles. The molecule has 2 aliphatic heterocycles. The highest BCUT2D eigenvalue weighted by Gasteiger charge is 2.36. The zero-order valence-corrected chi connectivity index (χ0v) is 13.7. The fourth-order valence-corrected chi connectivity index (χ4v) is 3.65. The highest BCUT2D eigenvalue weighted by Crippen LogP contribution is 2.32. The van der Waals surface area contributed by atoms with E-state index in [9.17, 15) is 13.2 Å². The number of hydrogen-bond acceptors (Lipinski definition) is 4. The third kappa shape index (κ3) is 3.33. The average Bonchev–Trinajstić information content (AvgIpc) is 3.09. The van der Waals surface area contributed by atoms with E-state index in [1.54, 1.807) is 24.3 Å². The molecule has 0 spiro atoms. The second-order valence-electron chi connectivity index (χ2n) is 6.58. The number of nitrogens with zero attached hydrogens (tertiary/aromatic N) is 4. The van der Waals surface area contributed by atoms with Gasteiger partial charge in [-0.05, 0) is 25.5 Å². The van der Waals surface area contributed by atoms with Crippen LogP contribution < -0.4 is 4.90 Å². The predicted octanol–water partition coefficient (Wildman–Crippen LogP) is 3.45. The Balaban J connectivity index is 1.71. The van der Waals surface area contributed by atoms with E-state index >= 15 is 0 Å². The molecule has 2 saturated heterocycles. The monoisotopic (exact) mass is 348 g/mol. The summed E-state index contributed by atoms with van der Waals surface area (Å²) in [5.74, 6) is 0.181. The molecule has 132 valence electrons. The molecule has 0 bridgehead atoms. The second-order valence-corrected chi connectivity index (χ2v) is 6.58. The third-order valence-electron chi connectivity index (χ3n) is 4.94. The first-order valence-corrected chi connectivity index (χ1v) is 8.51. The van der Waals surface area contributed by atoms with Crippen molar-refractivity contribution in [1.82, 2.24) is 14.9 Å². The van der Waals surface area contributed by atoms with Gasteiger partial charge in [0.15, 0.2) is 5.69 Å². The Morgan fingerprint density at radius 2 is 1.80 bits per heavy atom. The highest BCUT2D eigenvalue weighted by atomic mass is 19.4. The lowest BCUT2D eigenvalue weighted by molar-refractivity contribution is -0.141. The molecule has 4 nitrogen and oxygen atoms in total. The van der Waals surface area contributed by atoms with Gasteiger partial charge < -0.3 is 4.90 Å². The molecule has 1 unspecified atom stereocenters. The van der Waals surface area contributed by atoms with Crippen LogP contribution in [0.3, 0.4) is 0 Å². The molecule has 2 aliphatic rings. The minimum absolute atomic E-state index is 0.181. The standard InChI is InChI=1S/C18H19F3N4/c19-18(20,21)16-11-15(13-5-2-1-3-6-13)22-17(23-16)25-10-9-24-8-4-7-14(24)12-25/h1-3,5-6,11,14H,4,7-10,12H2. The van der Waals surface area contributed by atoms with E-state index in [1.807, 2.05) is 11.0 Å². The molecular weight excluding hydrogens is 329 g/mol. The number of fused-ring (bicyclic) bond motifs is 1. The Labute approximate surface area is 144 Å². The molecule has 3 heterocycles. The normalized spacial score (nSPS) is 21.4. The van der Waals surface area contributed by atoms with E-state index in [4.69, 9.17) is 0 Å². The van der Waals surface area contributed by atoms with Crippen LogP contribution in [0.5, 0.6) is 0 Å². The van der Waals surface area contributed by atoms with Crippen LogP contribution in [0.15, 0.2) is 36.4 Å². The van der Waals surface area contributed by atoms with Gasteiger partial charge in [0.25, 0.3) is 0 Å². The van der Waals surface area contributed by atoms with E-state index in [1.165, 1.54) is 0 Å². The largest absolute Gasteiger partial charge is 0.433 e. The maximum Gasteiger partial charge on any atom is 0.433 e. The lowest BCUT2D eigenvalue weighted by Gasteiger charge is -2.37. The number of hydrogen-bond donors (Lipinski definition) is 0. The van der Waals surface area contributed by atoms with Gasteiger partial charge in [-0.25, -0.2) is 9.97 Å². The fraction of sp³-hybridized carbons (Fsp3) is 0.444. The summed E-state index contributed by atoms with van der Waals surface area (Å²) in [6.07, 6.45) is -2.26. The van der Waals surface area contributed by atoms with Crippen molar-refractivity contribution >= 4 is 5.95 Å². The number of halogens is 3. The van der Waals surface area contributed by atoms with Crippen LogP contribution in [0, 0.1) is 0 Å². The summed E-state index contributed by atoms with van der Waals surface area (Å²) < 4.78 is 40.0. The Morgan fingerprint density at radius 1 is 1.00 bits per heavy atom. The van der Waals surface area contributed by atoms with Crippen LogP contribution >= 0.6 is 0 Å². The number of piperazine rings is 1. The van der Waals surface area contributed by atoms with Crippen LogP contribution in [0.1, 0.15) is 18.5 Å². The summed E-state index contributed by atoms with van der Waals surface area (Å²) in [6, 6.07) is 10.4. The Kier molecular flexibility index (Phi) is 4.11. The van der Waals surface area contributed by atoms with Gasteiger partial charge in [-0.15, -0.1) is 0 Å². The number of aromatic nitrogens is 2. The van der Waals surface area contributed by atoms with Crippen LogP contribution in [0.4, 0.5) is 19.1 Å². The van der Waals surface area contributed by atoms with Crippen LogP contribution in [0.2, 0.25) is 0 Å².